The zero-order valence-corrected chi connectivity index (χ0v) is 13.2. The van der Waals surface area contributed by atoms with Crippen LogP contribution in [0.4, 0.5) is 0 Å². The minimum Gasteiger partial charge on any atom is -0.493 e. The van der Waals surface area contributed by atoms with Crippen LogP contribution in [-0.2, 0) is 0 Å². The van der Waals surface area contributed by atoms with Gasteiger partial charge in [0.2, 0.25) is 0 Å². The lowest BCUT2D eigenvalue weighted by Crippen LogP contribution is -2.31. The summed E-state index contributed by atoms with van der Waals surface area (Å²) in [6.45, 7) is 4.16. The molecule has 0 aliphatic carbocycles. The average molecular weight is 333 g/mol. The van der Waals surface area contributed by atoms with Gasteiger partial charge in [0.05, 0.1) is 5.41 Å². The van der Waals surface area contributed by atoms with Crippen molar-refractivity contribution < 1.29 is 9.53 Å². The smallest absolute Gasteiger partial charge is 0.171 e. The molecule has 0 spiro atoms. The first-order valence-electron chi connectivity index (χ1n) is 6.47. The van der Waals surface area contributed by atoms with Crippen molar-refractivity contribution in [3.05, 3.63) is 64.6 Å². The van der Waals surface area contributed by atoms with Gasteiger partial charge < -0.3 is 4.74 Å². The normalized spacial score (nSPS) is 11.2. The van der Waals surface area contributed by atoms with Crippen LogP contribution in [0.25, 0.3) is 0 Å². The van der Waals surface area contributed by atoms with Crippen molar-refractivity contribution in [1.82, 2.24) is 0 Å². The molecule has 0 amide bonds. The van der Waals surface area contributed by atoms with Crippen LogP contribution in [0.15, 0.2) is 59.1 Å². The number of carbonyl (C=O) groups is 1. The van der Waals surface area contributed by atoms with Gasteiger partial charge in [-0.15, -0.1) is 0 Å². The molecular weight excluding hydrogens is 316 g/mol. The van der Waals surface area contributed by atoms with E-state index in [-0.39, 0.29) is 5.78 Å². The van der Waals surface area contributed by atoms with Gasteiger partial charge in [0.15, 0.2) is 5.78 Å². The molecule has 0 radical (unpaired) electrons. The summed E-state index contributed by atoms with van der Waals surface area (Å²) >= 11 is 3.37. The van der Waals surface area contributed by atoms with E-state index in [9.17, 15) is 4.79 Å². The van der Waals surface area contributed by atoms with Crippen molar-refractivity contribution in [3.8, 4) is 5.75 Å². The molecule has 0 atom stereocenters. The van der Waals surface area contributed by atoms with Gasteiger partial charge >= 0.3 is 0 Å². The second-order valence-corrected chi connectivity index (χ2v) is 6.24. The van der Waals surface area contributed by atoms with Gasteiger partial charge in [0.1, 0.15) is 12.4 Å². The van der Waals surface area contributed by atoms with Gasteiger partial charge in [-0.25, -0.2) is 0 Å². The van der Waals surface area contributed by atoms with Crippen molar-refractivity contribution in [2.45, 2.75) is 13.8 Å². The molecule has 0 heterocycles. The summed E-state index contributed by atoms with van der Waals surface area (Å²) in [6, 6.07) is 17.0. The Hall–Kier alpha value is -1.61. The largest absolute Gasteiger partial charge is 0.493 e. The maximum absolute atomic E-state index is 12.5. The van der Waals surface area contributed by atoms with E-state index in [1.54, 1.807) is 0 Å². The van der Waals surface area contributed by atoms with Crippen molar-refractivity contribution in [2.75, 3.05) is 6.61 Å². The van der Waals surface area contributed by atoms with Gasteiger partial charge in [0.25, 0.3) is 0 Å². The van der Waals surface area contributed by atoms with Crippen molar-refractivity contribution in [3.63, 3.8) is 0 Å². The third-order valence-corrected chi connectivity index (χ3v) is 3.59. The Kier molecular flexibility index (Phi) is 4.61. The molecule has 0 bridgehead atoms. The average Bonchev–Trinajstić information content (AvgIpc) is 2.46. The van der Waals surface area contributed by atoms with E-state index in [2.05, 4.69) is 15.9 Å². The first-order valence-corrected chi connectivity index (χ1v) is 7.26. The van der Waals surface area contributed by atoms with Crippen LogP contribution in [0.5, 0.6) is 5.75 Å². The zero-order valence-electron chi connectivity index (χ0n) is 11.6. The third-order valence-electron chi connectivity index (χ3n) is 3.06. The maximum Gasteiger partial charge on any atom is 0.171 e. The molecule has 2 aromatic rings. The Morgan fingerprint density at radius 1 is 1.05 bits per heavy atom. The molecule has 2 aromatic carbocycles. The van der Waals surface area contributed by atoms with Crippen LogP contribution >= 0.6 is 15.9 Å². The van der Waals surface area contributed by atoms with E-state index in [1.165, 1.54) is 0 Å². The molecule has 0 saturated heterocycles. The SMILES string of the molecule is CC(C)(COc1ccccc1)C(=O)c1ccc(Br)cc1. The molecule has 0 fully saturated rings. The Morgan fingerprint density at radius 3 is 2.25 bits per heavy atom. The molecular formula is C17H17BrO2. The van der Waals surface area contributed by atoms with Crippen molar-refractivity contribution in [1.29, 1.82) is 0 Å². The molecule has 0 unspecified atom stereocenters. The summed E-state index contributed by atoms with van der Waals surface area (Å²) in [5, 5.41) is 0. The maximum atomic E-state index is 12.5. The van der Waals surface area contributed by atoms with Crippen molar-refractivity contribution in [2.24, 2.45) is 5.41 Å². The van der Waals surface area contributed by atoms with E-state index in [4.69, 9.17) is 4.74 Å². The molecule has 20 heavy (non-hydrogen) atoms. The lowest BCUT2D eigenvalue weighted by Gasteiger charge is -2.23. The quantitative estimate of drug-likeness (QED) is 0.739. The first kappa shape index (κ1) is 14.8. The number of ether oxygens (including phenoxy) is 1. The lowest BCUT2D eigenvalue weighted by atomic mass is 9.85. The molecule has 104 valence electrons. The number of halogens is 1. The van der Waals surface area contributed by atoms with Gasteiger partial charge in [-0.1, -0.05) is 46.3 Å². The Balaban J connectivity index is 2.05. The van der Waals surface area contributed by atoms with Crippen LogP contribution in [0.2, 0.25) is 0 Å². The number of hydrogen-bond acceptors (Lipinski definition) is 2. The highest BCUT2D eigenvalue weighted by Gasteiger charge is 2.29. The van der Waals surface area contributed by atoms with Crippen LogP contribution < -0.4 is 4.74 Å². The van der Waals surface area contributed by atoms with E-state index in [0.717, 1.165) is 10.2 Å². The summed E-state index contributed by atoms with van der Waals surface area (Å²) in [7, 11) is 0. The topological polar surface area (TPSA) is 26.3 Å². The minimum atomic E-state index is -0.566. The van der Waals surface area contributed by atoms with Gasteiger partial charge in [-0.2, -0.15) is 0 Å². The predicted octanol–water partition coefficient (Wildman–Crippen LogP) is 4.74. The number of rotatable bonds is 5. The highest BCUT2D eigenvalue weighted by Crippen LogP contribution is 2.24. The van der Waals surface area contributed by atoms with Crippen LogP contribution in [0.1, 0.15) is 24.2 Å². The van der Waals surface area contributed by atoms with Crippen LogP contribution in [0.3, 0.4) is 0 Å². The van der Waals surface area contributed by atoms with E-state index in [1.807, 2.05) is 68.4 Å². The summed E-state index contributed by atoms with van der Waals surface area (Å²) < 4.78 is 6.67. The third kappa shape index (κ3) is 3.70. The number of carbonyl (C=O) groups excluding carboxylic acids is 1. The molecule has 0 aliphatic rings. The number of benzene rings is 2. The molecule has 2 rings (SSSR count). The first-order chi connectivity index (χ1) is 9.49. The Morgan fingerprint density at radius 2 is 1.65 bits per heavy atom. The molecule has 3 heteroatoms. The summed E-state index contributed by atoms with van der Waals surface area (Å²) in [5.74, 6) is 0.866. The summed E-state index contributed by atoms with van der Waals surface area (Å²) in [4.78, 5) is 12.5. The molecule has 2 nitrogen and oxygen atoms in total. The monoisotopic (exact) mass is 332 g/mol. The molecule has 0 saturated carbocycles. The zero-order chi connectivity index (χ0) is 14.6. The fraction of sp³-hybridized carbons (Fsp3) is 0.235. The molecule has 0 N–H and O–H groups in total. The molecule has 0 aliphatic heterocycles. The van der Waals surface area contributed by atoms with Gasteiger partial charge in [-0.05, 0) is 38.1 Å². The standard InChI is InChI=1S/C17H17BrO2/c1-17(2,12-20-15-6-4-3-5-7-15)16(19)13-8-10-14(18)11-9-13/h3-11H,12H2,1-2H3. The van der Waals surface area contributed by atoms with Crippen LogP contribution in [-0.4, -0.2) is 12.4 Å². The number of Topliss-reactive ketones (excluding diaryl/α,β-unsaturated/α-hetero) is 1. The fourth-order valence-electron chi connectivity index (χ4n) is 1.84. The Bertz CT molecular complexity index is 574. The van der Waals surface area contributed by atoms with Crippen molar-refractivity contribution >= 4 is 21.7 Å². The highest BCUT2D eigenvalue weighted by molar-refractivity contribution is 9.10. The van der Waals surface area contributed by atoms with E-state index < -0.39 is 5.41 Å². The lowest BCUT2D eigenvalue weighted by molar-refractivity contribution is 0.0751. The second kappa shape index (κ2) is 6.23. The number of ketones is 1. The fourth-order valence-corrected chi connectivity index (χ4v) is 2.10. The number of hydrogen-bond donors (Lipinski definition) is 0. The highest BCUT2D eigenvalue weighted by atomic mass is 79.9. The van der Waals surface area contributed by atoms with Crippen LogP contribution in [0, 0.1) is 5.41 Å². The van der Waals surface area contributed by atoms with Gasteiger partial charge in [-0.3, -0.25) is 4.79 Å². The number of para-hydroxylation sites is 1. The predicted molar refractivity (Wildman–Crippen MR) is 84.2 cm³/mol. The van der Waals surface area contributed by atoms with E-state index in [0.29, 0.717) is 12.2 Å². The summed E-state index contributed by atoms with van der Waals surface area (Å²) in [5.41, 5.74) is 0.138. The minimum absolute atomic E-state index is 0.0842. The molecule has 0 aromatic heterocycles. The van der Waals surface area contributed by atoms with E-state index >= 15 is 0 Å². The Labute approximate surface area is 127 Å². The van der Waals surface area contributed by atoms with Gasteiger partial charge in [0, 0.05) is 10.0 Å². The summed E-state index contributed by atoms with van der Waals surface area (Å²) in [6.07, 6.45) is 0. The second-order valence-electron chi connectivity index (χ2n) is 5.32.